The van der Waals surface area contributed by atoms with E-state index in [2.05, 4.69) is 10.4 Å². The molecule has 2 heterocycles. The van der Waals surface area contributed by atoms with Gasteiger partial charge in [0.15, 0.2) is 11.3 Å². The molecule has 4 rings (SSSR count). The highest BCUT2D eigenvalue weighted by Crippen LogP contribution is 2.38. The van der Waals surface area contributed by atoms with Crippen molar-refractivity contribution in [1.29, 1.82) is 0 Å². The van der Waals surface area contributed by atoms with Crippen LogP contribution in [0.3, 0.4) is 0 Å². The van der Waals surface area contributed by atoms with Crippen molar-refractivity contribution in [2.45, 2.75) is 13.1 Å². The molecule has 1 amide bonds. The molecule has 2 aliphatic heterocycles. The Morgan fingerprint density at radius 1 is 1.15 bits per heavy atom. The Kier molecular flexibility index (Phi) is 4.65. The number of benzene rings is 2. The lowest BCUT2D eigenvalue weighted by Gasteiger charge is -2.34. The summed E-state index contributed by atoms with van der Waals surface area (Å²) in [6, 6.07) is 12.8. The first kappa shape index (κ1) is 17.4. The largest absolute Gasteiger partial charge is 0.298 e. The molecule has 8 heteroatoms. The van der Waals surface area contributed by atoms with Crippen LogP contribution in [-0.2, 0) is 4.79 Å². The summed E-state index contributed by atoms with van der Waals surface area (Å²) in [5, 5.41) is 12.0. The molecule has 0 unspecified atom stereocenters. The van der Waals surface area contributed by atoms with Crippen molar-refractivity contribution in [3.05, 3.63) is 68.6 Å². The van der Waals surface area contributed by atoms with Crippen molar-refractivity contribution in [3.8, 4) is 0 Å². The predicted molar refractivity (Wildman–Crippen MR) is 105 cm³/mol. The van der Waals surface area contributed by atoms with Crippen LogP contribution >= 0.6 is 35.0 Å². The number of carbonyl (C=O) groups is 1. The second kappa shape index (κ2) is 6.95. The molecule has 26 heavy (non-hydrogen) atoms. The van der Waals surface area contributed by atoms with Gasteiger partial charge in [-0.25, -0.2) is 5.01 Å². The maximum atomic E-state index is 12.8. The number of amidine groups is 1. The van der Waals surface area contributed by atoms with Crippen molar-refractivity contribution >= 4 is 51.7 Å². The minimum absolute atomic E-state index is 0.216. The summed E-state index contributed by atoms with van der Waals surface area (Å²) in [5.74, 6) is 0.569. The minimum atomic E-state index is -0.611. The van der Waals surface area contributed by atoms with Gasteiger partial charge < -0.3 is 0 Å². The summed E-state index contributed by atoms with van der Waals surface area (Å²) in [5.41, 5.74) is 1.07. The molecule has 0 spiro atoms. The highest BCUT2D eigenvalue weighted by molar-refractivity contribution is 8.13. The topological polar surface area (TPSA) is 57.1 Å². The number of carbonyl (C=O) groups excluding carboxylic acids is 1. The highest BCUT2D eigenvalue weighted by Gasteiger charge is 2.36. The standard InChI is InChI=1S/C18H14Cl2N4OS/c1-2-26-18-22-17(25)15-10-6-3-4-9-13(10)21-16(24(15)23-18)14-11(19)7-5-8-12(14)20/h3-9,16H,2H2,1H3,(H,22,23,25)/t16-/m1/s1. The molecule has 2 aromatic carbocycles. The number of amides is 1. The number of halogens is 2. The molecule has 0 radical (unpaired) electrons. The van der Waals surface area contributed by atoms with Gasteiger partial charge in [0.25, 0.3) is 5.91 Å². The third kappa shape index (κ3) is 2.88. The van der Waals surface area contributed by atoms with E-state index >= 15 is 0 Å². The number of hydrogen-bond donors (Lipinski definition) is 1. The van der Waals surface area contributed by atoms with Crippen LogP contribution in [0.1, 0.15) is 18.7 Å². The highest BCUT2D eigenvalue weighted by atomic mass is 35.5. The van der Waals surface area contributed by atoms with Gasteiger partial charge in [-0.05, 0) is 24.0 Å². The maximum Gasteiger partial charge on any atom is 0.276 e. The molecule has 0 aromatic heterocycles. The number of fused-ring (bicyclic) bond motifs is 2. The van der Waals surface area contributed by atoms with Gasteiger partial charge in [-0.2, -0.15) is 0 Å². The Labute approximate surface area is 164 Å². The molecule has 2 aliphatic rings. The number of nitrogens with one attached hydrogen (secondary N) is 1. The second-order valence-corrected chi connectivity index (χ2v) is 7.71. The van der Waals surface area contributed by atoms with Gasteiger partial charge in [0.1, 0.15) is 5.70 Å². The predicted octanol–water partition coefficient (Wildman–Crippen LogP) is 2.89. The fourth-order valence-electron chi connectivity index (χ4n) is 2.97. The van der Waals surface area contributed by atoms with Gasteiger partial charge in [-0.15, -0.1) is 5.10 Å². The fraction of sp³-hybridized carbons (Fsp3) is 0.167. The van der Waals surface area contributed by atoms with Crippen molar-refractivity contribution in [1.82, 2.24) is 10.3 Å². The van der Waals surface area contributed by atoms with E-state index in [4.69, 9.17) is 28.2 Å². The quantitative estimate of drug-likeness (QED) is 0.836. The van der Waals surface area contributed by atoms with Crippen molar-refractivity contribution < 1.29 is 4.79 Å². The van der Waals surface area contributed by atoms with Gasteiger partial charge in [-0.1, -0.05) is 66.2 Å². The minimum Gasteiger partial charge on any atom is -0.298 e. The Morgan fingerprint density at radius 3 is 2.62 bits per heavy atom. The third-order valence-electron chi connectivity index (χ3n) is 4.05. The average molecular weight is 405 g/mol. The molecule has 5 nitrogen and oxygen atoms in total. The summed E-state index contributed by atoms with van der Waals surface area (Å²) in [6.07, 6.45) is -0.611. The lowest BCUT2D eigenvalue weighted by atomic mass is 10.1. The first-order valence-corrected chi connectivity index (χ1v) is 9.77. The van der Waals surface area contributed by atoms with E-state index in [-0.39, 0.29) is 5.91 Å². The zero-order valence-electron chi connectivity index (χ0n) is 13.7. The van der Waals surface area contributed by atoms with Crippen molar-refractivity contribution in [2.75, 3.05) is 5.75 Å². The number of para-hydroxylation sites is 1. The number of thioether (sulfide) groups is 1. The van der Waals surface area contributed by atoms with Crippen LogP contribution in [0.4, 0.5) is 0 Å². The molecule has 0 saturated heterocycles. The van der Waals surface area contributed by atoms with Crippen LogP contribution in [0.15, 0.2) is 52.6 Å². The number of rotatable bonds is 2. The molecule has 0 saturated carbocycles. The SMILES string of the molecule is CCSC1=NN2C(=c3ccccc3=N[C@H]2c2c(Cl)cccc2Cl)C(=O)N1. The summed E-state index contributed by atoms with van der Waals surface area (Å²) < 4.78 is 0. The number of nitrogens with zero attached hydrogens (tertiary/aromatic N) is 3. The Bertz CT molecular complexity index is 1030. The van der Waals surface area contributed by atoms with Crippen LogP contribution in [0, 0.1) is 0 Å². The van der Waals surface area contributed by atoms with Gasteiger partial charge in [0.2, 0.25) is 0 Å². The van der Waals surface area contributed by atoms with Crippen LogP contribution in [0.25, 0.3) is 5.70 Å². The van der Waals surface area contributed by atoms with E-state index in [0.29, 0.717) is 31.8 Å². The molecule has 0 bridgehead atoms. The van der Waals surface area contributed by atoms with Crippen LogP contribution < -0.4 is 15.9 Å². The Morgan fingerprint density at radius 2 is 1.88 bits per heavy atom. The van der Waals surface area contributed by atoms with Crippen LogP contribution in [0.2, 0.25) is 10.0 Å². The number of hydrogen-bond acceptors (Lipinski definition) is 5. The van der Waals surface area contributed by atoms with Gasteiger partial charge in [-0.3, -0.25) is 15.1 Å². The van der Waals surface area contributed by atoms with Gasteiger partial charge >= 0.3 is 0 Å². The zero-order valence-corrected chi connectivity index (χ0v) is 16.1. The molecule has 2 aromatic rings. The van der Waals surface area contributed by atoms with Crippen LogP contribution in [0.5, 0.6) is 0 Å². The number of hydrazone groups is 1. The zero-order chi connectivity index (χ0) is 18.3. The molecule has 0 fully saturated rings. The fourth-order valence-corrected chi connectivity index (χ4v) is 4.15. The smallest absolute Gasteiger partial charge is 0.276 e. The van der Waals surface area contributed by atoms with Crippen molar-refractivity contribution in [2.24, 2.45) is 10.1 Å². The van der Waals surface area contributed by atoms with E-state index in [0.717, 1.165) is 11.0 Å². The first-order chi connectivity index (χ1) is 12.6. The van der Waals surface area contributed by atoms with E-state index < -0.39 is 6.17 Å². The molecular weight excluding hydrogens is 391 g/mol. The van der Waals surface area contributed by atoms with E-state index in [1.54, 1.807) is 23.2 Å². The summed E-state index contributed by atoms with van der Waals surface area (Å²) >= 11 is 14.3. The van der Waals surface area contributed by atoms with Crippen LogP contribution in [-0.4, -0.2) is 21.8 Å². The summed E-state index contributed by atoms with van der Waals surface area (Å²) in [7, 11) is 0. The third-order valence-corrected chi connectivity index (χ3v) is 5.46. The van der Waals surface area contributed by atoms with E-state index in [9.17, 15) is 4.79 Å². The van der Waals surface area contributed by atoms with E-state index in [1.807, 2.05) is 31.2 Å². The average Bonchev–Trinajstić information content (AvgIpc) is 2.61. The molecule has 1 atom stereocenters. The first-order valence-electron chi connectivity index (χ1n) is 8.03. The summed E-state index contributed by atoms with van der Waals surface area (Å²) in [6.45, 7) is 2.00. The van der Waals surface area contributed by atoms with Gasteiger partial charge in [0, 0.05) is 20.8 Å². The maximum absolute atomic E-state index is 12.8. The molecule has 1 N–H and O–H groups in total. The summed E-state index contributed by atoms with van der Waals surface area (Å²) in [4.78, 5) is 17.6. The Hall–Kier alpha value is -2.02. The molecule has 0 aliphatic carbocycles. The molecular formula is C18H14Cl2N4OS. The lowest BCUT2D eigenvalue weighted by Crippen LogP contribution is -2.50. The second-order valence-electron chi connectivity index (χ2n) is 5.64. The van der Waals surface area contributed by atoms with Crippen molar-refractivity contribution in [3.63, 3.8) is 0 Å². The molecule has 132 valence electrons. The monoisotopic (exact) mass is 404 g/mol. The normalized spacial score (nSPS) is 18.5. The lowest BCUT2D eigenvalue weighted by molar-refractivity contribution is -0.116. The Balaban J connectivity index is 2.00. The van der Waals surface area contributed by atoms with Gasteiger partial charge in [0.05, 0.1) is 5.36 Å². The van der Waals surface area contributed by atoms with E-state index in [1.165, 1.54) is 11.8 Å².